The summed E-state index contributed by atoms with van der Waals surface area (Å²) in [7, 11) is 0. The molecule has 2 N–H and O–H groups in total. The van der Waals surface area contributed by atoms with Gasteiger partial charge in [-0.25, -0.2) is 4.79 Å². The first kappa shape index (κ1) is 17.5. The highest BCUT2D eigenvalue weighted by Crippen LogP contribution is 2.30. The molecular weight excluding hydrogens is 342 g/mol. The molecule has 1 atom stereocenters. The normalized spacial score (nSPS) is 17.4. The molecule has 1 unspecified atom stereocenters. The van der Waals surface area contributed by atoms with E-state index in [1.54, 1.807) is 4.90 Å². The Kier molecular flexibility index (Phi) is 4.81. The van der Waals surface area contributed by atoms with Crippen LogP contribution in [0.5, 0.6) is 0 Å². The third-order valence-corrected chi connectivity index (χ3v) is 5.22. The Morgan fingerprint density at radius 2 is 1.93 bits per heavy atom. The molecule has 0 saturated carbocycles. The molecule has 2 heterocycles. The lowest BCUT2D eigenvalue weighted by Crippen LogP contribution is -2.47. The van der Waals surface area contributed by atoms with E-state index < -0.39 is 6.04 Å². The van der Waals surface area contributed by atoms with Crippen LogP contribution in [0, 0.1) is 0 Å². The number of amides is 2. The maximum absolute atomic E-state index is 12.8. The summed E-state index contributed by atoms with van der Waals surface area (Å²) < 4.78 is 5.06. The predicted molar refractivity (Wildman–Crippen MR) is 102 cm³/mol. The van der Waals surface area contributed by atoms with E-state index in [1.807, 2.05) is 53.4 Å². The van der Waals surface area contributed by atoms with E-state index in [9.17, 15) is 9.59 Å². The van der Waals surface area contributed by atoms with Crippen molar-refractivity contribution in [2.24, 2.45) is 5.73 Å². The average molecular weight is 365 g/mol. The molecule has 4 rings (SSSR count). The van der Waals surface area contributed by atoms with E-state index in [4.69, 9.17) is 10.5 Å². The van der Waals surface area contributed by atoms with Crippen molar-refractivity contribution in [3.8, 4) is 0 Å². The van der Waals surface area contributed by atoms with Crippen molar-refractivity contribution in [1.82, 2.24) is 4.90 Å². The van der Waals surface area contributed by atoms with Crippen LogP contribution in [0.3, 0.4) is 0 Å². The van der Waals surface area contributed by atoms with Crippen LogP contribution in [0.2, 0.25) is 0 Å². The molecule has 2 aromatic rings. The Morgan fingerprint density at radius 1 is 1.11 bits per heavy atom. The van der Waals surface area contributed by atoms with Crippen LogP contribution in [-0.4, -0.2) is 42.6 Å². The van der Waals surface area contributed by atoms with E-state index >= 15 is 0 Å². The van der Waals surface area contributed by atoms with Crippen LogP contribution < -0.4 is 10.6 Å². The summed E-state index contributed by atoms with van der Waals surface area (Å²) >= 11 is 0. The molecule has 2 amide bonds. The lowest BCUT2D eigenvalue weighted by molar-refractivity contribution is -0.133. The quantitative estimate of drug-likeness (QED) is 0.900. The molecule has 6 nitrogen and oxygen atoms in total. The van der Waals surface area contributed by atoms with Gasteiger partial charge in [0, 0.05) is 13.1 Å². The van der Waals surface area contributed by atoms with Crippen molar-refractivity contribution >= 4 is 17.7 Å². The second kappa shape index (κ2) is 7.40. The Labute approximate surface area is 158 Å². The fraction of sp³-hybridized carbons (Fsp3) is 0.333. The first-order valence-electron chi connectivity index (χ1n) is 9.27. The van der Waals surface area contributed by atoms with E-state index in [1.165, 1.54) is 0 Å². The van der Waals surface area contributed by atoms with Crippen molar-refractivity contribution in [2.45, 2.75) is 25.4 Å². The molecule has 1 fully saturated rings. The number of nitrogens with zero attached hydrogens (tertiary/aromatic N) is 2. The average Bonchev–Trinajstić information content (AvgIpc) is 3.13. The molecule has 2 aliphatic rings. The standard InChI is InChI=1S/C21H23N3O3/c22-18(13-15-5-2-1-3-6-15)20(25)23-10-9-17-16(14-23)7-4-8-19(17)24-11-12-27-21(24)26/h1-8,18H,9-14,22H2. The molecule has 0 bridgehead atoms. The molecule has 2 aliphatic heterocycles. The number of carbonyl (C=O) groups is 2. The summed E-state index contributed by atoms with van der Waals surface area (Å²) in [6.45, 7) is 2.11. The molecular formula is C21H23N3O3. The number of benzene rings is 2. The van der Waals surface area contributed by atoms with Crippen LogP contribution in [0.1, 0.15) is 16.7 Å². The molecule has 140 valence electrons. The third-order valence-electron chi connectivity index (χ3n) is 5.22. The zero-order chi connectivity index (χ0) is 18.8. The minimum Gasteiger partial charge on any atom is -0.447 e. The summed E-state index contributed by atoms with van der Waals surface area (Å²) in [4.78, 5) is 28.2. The molecule has 0 aliphatic carbocycles. The van der Waals surface area contributed by atoms with Crippen molar-refractivity contribution in [3.63, 3.8) is 0 Å². The fourth-order valence-corrected chi connectivity index (χ4v) is 3.83. The first-order chi connectivity index (χ1) is 13.1. The van der Waals surface area contributed by atoms with Gasteiger partial charge >= 0.3 is 6.09 Å². The topological polar surface area (TPSA) is 75.9 Å². The maximum atomic E-state index is 12.8. The molecule has 2 aromatic carbocycles. The molecule has 0 aromatic heterocycles. The number of rotatable bonds is 4. The minimum atomic E-state index is -0.550. The smallest absolute Gasteiger partial charge is 0.414 e. The molecule has 6 heteroatoms. The van der Waals surface area contributed by atoms with Gasteiger partial charge in [-0.15, -0.1) is 0 Å². The SMILES string of the molecule is NC(Cc1ccccc1)C(=O)N1CCc2c(cccc2N2CCOC2=O)C1. The zero-order valence-electron chi connectivity index (χ0n) is 15.1. The Balaban J connectivity index is 1.48. The zero-order valence-corrected chi connectivity index (χ0v) is 15.1. The Morgan fingerprint density at radius 3 is 2.67 bits per heavy atom. The number of ether oxygens (including phenoxy) is 1. The predicted octanol–water partition coefficient (Wildman–Crippen LogP) is 2.10. The lowest BCUT2D eigenvalue weighted by Gasteiger charge is -2.32. The number of fused-ring (bicyclic) bond motifs is 1. The van der Waals surface area contributed by atoms with Crippen LogP contribution in [0.25, 0.3) is 0 Å². The lowest BCUT2D eigenvalue weighted by atomic mass is 9.96. The number of hydrogen-bond acceptors (Lipinski definition) is 4. The monoisotopic (exact) mass is 365 g/mol. The Hall–Kier alpha value is -2.86. The van der Waals surface area contributed by atoms with Gasteiger partial charge in [0.05, 0.1) is 18.3 Å². The Bertz CT molecular complexity index is 853. The fourth-order valence-electron chi connectivity index (χ4n) is 3.83. The highest BCUT2D eigenvalue weighted by Gasteiger charge is 2.30. The number of cyclic esters (lactones) is 1. The highest BCUT2D eigenvalue weighted by molar-refractivity contribution is 5.91. The van der Waals surface area contributed by atoms with Gasteiger partial charge in [-0.2, -0.15) is 0 Å². The van der Waals surface area contributed by atoms with E-state index in [0.717, 1.165) is 22.4 Å². The second-order valence-corrected chi connectivity index (χ2v) is 6.99. The largest absolute Gasteiger partial charge is 0.447 e. The van der Waals surface area contributed by atoms with Gasteiger partial charge in [-0.1, -0.05) is 42.5 Å². The van der Waals surface area contributed by atoms with Crippen molar-refractivity contribution in [2.75, 3.05) is 24.6 Å². The summed E-state index contributed by atoms with van der Waals surface area (Å²) in [5, 5.41) is 0. The number of carbonyl (C=O) groups excluding carboxylic acids is 2. The second-order valence-electron chi connectivity index (χ2n) is 6.99. The van der Waals surface area contributed by atoms with Crippen molar-refractivity contribution in [1.29, 1.82) is 0 Å². The van der Waals surface area contributed by atoms with E-state index in [-0.39, 0.29) is 12.0 Å². The summed E-state index contributed by atoms with van der Waals surface area (Å²) in [5.41, 5.74) is 10.3. The number of nitrogens with two attached hydrogens (primary N) is 1. The van der Waals surface area contributed by atoms with Gasteiger partial charge in [0.1, 0.15) is 6.61 Å². The first-order valence-corrected chi connectivity index (χ1v) is 9.27. The summed E-state index contributed by atoms with van der Waals surface area (Å²) in [5.74, 6) is -0.0320. The number of hydrogen-bond donors (Lipinski definition) is 1. The molecule has 1 saturated heterocycles. The van der Waals surface area contributed by atoms with Crippen LogP contribution in [0.15, 0.2) is 48.5 Å². The van der Waals surface area contributed by atoms with Gasteiger partial charge in [0.25, 0.3) is 0 Å². The van der Waals surface area contributed by atoms with Gasteiger partial charge < -0.3 is 15.4 Å². The number of anilines is 1. The summed E-state index contributed by atoms with van der Waals surface area (Å²) in [6, 6.07) is 15.2. The summed E-state index contributed by atoms with van der Waals surface area (Å²) in [6.07, 6.45) is 0.939. The van der Waals surface area contributed by atoms with Crippen molar-refractivity contribution in [3.05, 3.63) is 65.2 Å². The third kappa shape index (κ3) is 3.53. The van der Waals surface area contributed by atoms with Gasteiger partial charge in [-0.3, -0.25) is 9.69 Å². The van der Waals surface area contributed by atoms with Gasteiger partial charge in [0.15, 0.2) is 0 Å². The van der Waals surface area contributed by atoms with Gasteiger partial charge in [-0.05, 0) is 35.6 Å². The molecule has 0 spiro atoms. The van der Waals surface area contributed by atoms with E-state index in [0.29, 0.717) is 39.1 Å². The van der Waals surface area contributed by atoms with Crippen molar-refractivity contribution < 1.29 is 14.3 Å². The van der Waals surface area contributed by atoms with Gasteiger partial charge in [0.2, 0.25) is 5.91 Å². The maximum Gasteiger partial charge on any atom is 0.414 e. The molecule has 0 radical (unpaired) electrons. The van der Waals surface area contributed by atoms with E-state index in [2.05, 4.69) is 0 Å². The van der Waals surface area contributed by atoms with Crippen LogP contribution >= 0.6 is 0 Å². The van der Waals surface area contributed by atoms with Crippen LogP contribution in [-0.2, 0) is 28.9 Å². The molecule has 27 heavy (non-hydrogen) atoms. The van der Waals surface area contributed by atoms with Crippen LogP contribution in [0.4, 0.5) is 10.5 Å². The highest BCUT2D eigenvalue weighted by atomic mass is 16.6. The minimum absolute atomic E-state index is 0.0320.